The number of nitrogens with zero attached hydrogens (tertiary/aromatic N) is 3. The Bertz CT molecular complexity index is 307. The third-order valence-corrected chi connectivity index (χ3v) is 2.12. The number of hydrogen-bond donors (Lipinski definition) is 0. The standard InChI is InChI=1S/C8H13F2N3/c1-5-7(12(3)8(9)10)6(2)13(4)11-5/h8H,1-4H3. The van der Waals surface area contributed by atoms with Gasteiger partial charge < -0.3 is 4.90 Å². The van der Waals surface area contributed by atoms with Crippen molar-refractivity contribution < 1.29 is 8.78 Å². The van der Waals surface area contributed by atoms with Crippen molar-refractivity contribution in [3.63, 3.8) is 0 Å². The fourth-order valence-corrected chi connectivity index (χ4v) is 1.37. The maximum Gasteiger partial charge on any atom is 0.315 e. The molecule has 1 heterocycles. The minimum absolute atomic E-state index is 0.512. The summed E-state index contributed by atoms with van der Waals surface area (Å²) in [5.74, 6) is 0. The second-order valence-corrected chi connectivity index (χ2v) is 3.03. The van der Waals surface area contributed by atoms with E-state index < -0.39 is 6.55 Å². The molecular formula is C8H13F2N3. The predicted molar refractivity (Wildman–Crippen MR) is 47.1 cm³/mol. The normalized spacial score (nSPS) is 11.0. The number of anilines is 1. The molecule has 0 aliphatic heterocycles. The van der Waals surface area contributed by atoms with Crippen molar-refractivity contribution in [2.45, 2.75) is 20.4 Å². The molecule has 0 saturated heterocycles. The van der Waals surface area contributed by atoms with Crippen molar-refractivity contribution in [3.8, 4) is 0 Å². The lowest BCUT2D eigenvalue weighted by molar-refractivity contribution is 0.149. The molecule has 0 spiro atoms. The average molecular weight is 189 g/mol. The molecule has 0 aliphatic rings. The van der Waals surface area contributed by atoms with Gasteiger partial charge in [0.05, 0.1) is 17.1 Å². The maximum atomic E-state index is 12.4. The second kappa shape index (κ2) is 3.32. The van der Waals surface area contributed by atoms with Crippen LogP contribution < -0.4 is 4.90 Å². The topological polar surface area (TPSA) is 21.1 Å². The molecule has 0 atom stereocenters. The van der Waals surface area contributed by atoms with Crippen molar-refractivity contribution in [1.29, 1.82) is 0 Å². The summed E-state index contributed by atoms with van der Waals surface area (Å²) < 4.78 is 26.3. The highest BCUT2D eigenvalue weighted by atomic mass is 19.3. The van der Waals surface area contributed by atoms with E-state index in [1.54, 1.807) is 25.6 Å². The van der Waals surface area contributed by atoms with Crippen LogP contribution in [0.25, 0.3) is 0 Å². The van der Waals surface area contributed by atoms with E-state index in [4.69, 9.17) is 0 Å². The largest absolute Gasteiger partial charge is 0.316 e. The summed E-state index contributed by atoms with van der Waals surface area (Å²) >= 11 is 0. The molecule has 5 heteroatoms. The van der Waals surface area contributed by atoms with E-state index in [-0.39, 0.29) is 0 Å². The van der Waals surface area contributed by atoms with Gasteiger partial charge in [0.25, 0.3) is 0 Å². The lowest BCUT2D eigenvalue weighted by Crippen LogP contribution is -2.24. The number of hydrogen-bond acceptors (Lipinski definition) is 2. The summed E-state index contributed by atoms with van der Waals surface area (Å²) in [7, 11) is 3.10. The van der Waals surface area contributed by atoms with Gasteiger partial charge in [0.2, 0.25) is 0 Å². The van der Waals surface area contributed by atoms with Crippen LogP contribution in [0.2, 0.25) is 0 Å². The van der Waals surface area contributed by atoms with Crippen LogP contribution in [0.15, 0.2) is 0 Å². The Labute approximate surface area is 76.0 Å². The van der Waals surface area contributed by atoms with E-state index in [9.17, 15) is 8.78 Å². The van der Waals surface area contributed by atoms with Gasteiger partial charge in [-0.05, 0) is 13.8 Å². The van der Waals surface area contributed by atoms with Crippen molar-refractivity contribution >= 4 is 5.69 Å². The highest BCUT2D eigenvalue weighted by Gasteiger charge is 2.19. The second-order valence-electron chi connectivity index (χ2n) is 3.03. The van der Waals surface area contributed by atoms with Crippen LogP contribution in [0, 0.1) is 13.8 Å². The molecule has 1 rings (SSSR count). The Morgan fingerprint density at radius 3 is 2.23 bits per heavy atom. The molecule has 1 aromatic rings. The average Bonchev–Trinajstić information content (AvgIpc) is 2.26. The number of rotatable bonds is 2. The first-order chi connectivity index (χ1) is 5.95. The lowest BCUT2D eigenvalue weighted by atomic mass is 10.3. The molecule has 1 aromatic heterocycles. The van der Waals surface area contributed by atoms with Gasteiger partial charge in [0.15, 0.2) is 0 Å². The van der Waals surface area contributed by atoms with Crippen LogP contribution in [0.5, 0.6) is 0 Å². The molecule has 13 heavy (non-hydrogen) atoms. The summed E-state index contributed by atoms with van der Waals surface area (Å²) in [5, 5.41) is 4.06. The van der Waals surface area contributed by atoms with Gasteiger partial charge >= 0.3 is 6.55 Å². The molecule has 0 saturated carbocycles. The summed E-state index contributed by atoms with van der Waals surface area (Å²) in [5.41, 5.74) is 1.89. The Balaban J connectivity index is 3.13. The van der Waals surface area contributed by atoms with Gasteiger partial charge in [-0.2, -0.15) is 13.9 Å². The molecule has 0 unspecified atom stereocenters. The summed E-state index contributed by atoms with van der Waals surface area (Å²) in [4.78, 5) is 0.928. The summed E-state index contributed by atoms with van der Waals surface area (Å²) in [6, 6.07) is 0. The van der Waals surface area contributed by atoms with Gasteiger partial charge in [-0.3, -0.25) is 4.68 Å². The molecule has 0 N–H and O–H groups in total. The van der Waals surface area contributed by atoms with Gasteiger partial charge in [0, 0.05) is 14.1 Å². The molecule has 74 valence electrons. The Hall–Kier alpha value is -1.13. The van der Waals surface area contributed by atoms with Gasteiger partial charge in [-0.25, -0.2) is 0 Å². The first-order valence-corrected chi connectivity index (χ1v) is 3.96. The zero-order chi connectivity index (χ0) is 10.2. The van der Waals surface area contributed by atoms with Crippen LogP contribution >= 0.6 is 0 Å². The monoisotopic (exact) mass is 189 g/mol. The van der Waals surface area contributed by atoms with Crippen molar-refractivity contribution in [3.05, 3.63) is 11.4 Å². The summed E-state index contributed by atoms with van der Waals surface area (Å²) in [6.45, 7) is 1.01. The van der Waals surface area contributed by atoms with Gasteiger partial charge in [-0.15, -0.1) is 0 Å². The van der Waals surface area contributed by atoms with Crippen molar-refractivity contribution in [1.82, 2.24) is 9.78 Å². The third kappa shape index (κ3) is 1.64. The van der Waals surface area contributed by atoms with E-state index in [1.165, 1.54) is 7.05 Å². The number of aromatic nitrogens is 2. The van der Waals surface area contributed by atoms with Gasteiger partial charge in [0.1, 0.15) is 0 Å². The predicted octanol–water partition coefficient (Wildman–Crippen LogP) is 1.70. The minimum atomic E-state index is -2.48. The Morgan fingerprint density at radius 1 is 1.38 bits per heavy atom. The SMILES string of the molecule is Cc1nn(C)c(C)c1N(C)C(F)F. The van der Waals surface area contributed by atoms with Gasteiger partial charge in [-0.1, -0.05) is 0 Å². The summed E-state index contributed by atoms with van der Waals surface area (Å²) in [6.07, 6.45) is 0. The molecule has 0 bridgehead atoms. The van der Waals surface area contributed by atoms with Crippen LogP contribution in [-0.2, 0) is 7.05 Å². The molecular weight excluding hydrogens is 176 g/mol. The zero-order valence-electron chi connectivity index (χ0n) is 8.17. The Kier molecular flexibility index (Phi) is 2.54. The zero-order valence-corrected chi connectivity index (χ0v) is 8.17. The number of aryl methyl sites for hydroxylation is 2. The van der Waals surface area contributed by atoms with Crippen molar-refractivity contribution in [2.75, 3.05) is 11.9 Å². The quantitative estimate of drug-likeness (QED) is 0.660. The fraction of sp³-hybridized carbons (Fsp3) is 0.625. The molecule has 0 aliphatic carbocycles. The van der Waals surface area contributed by atoms with E-state index in [0.717, 1.165) is 10.6 Å². The highest BCUT2D eigenvalue weighted by Crippen LogP contribution is 2.24. The smallest absolute Gasteiger partial charge is 0.315 e. The van der Waals surface area contributed by atoms with Crippen LogP contribution in [-0.4, -0.2) is 23.4 Å². The first-order valence-electron chi connectivity index (χ1n) is 3.96. The van der Waals surface area contributed by atoms with E-state index in [1.807, 2.05) is 0 Å². The molecule has 0 fully saturated rings. The number of halogens is 2. The van der Waals surface area contributed by atoms with E-state index in [2.05, 4.69) is 5.10 Å². The highest BCUT2D eigenvalue weighted by molar-refractivity contribution is 5.54. The molecule has 0 amide bonds. The van der Waals surface area contributed by atoms with Crippen LogP contribution in [0.3, 0.4) is 0 Å². The molecule has 0 radical (unpaired) electrons. The lowest BCUT2D eigenvalue weighted by Gasteiger charge is -2.17. The first kappa shape index (κ1) is 9.95. The Morgan fingerprint density at radius 2 is 1.92 bits per heavy atom. The fourth-order valence-electron chi connectivity index (χ4n) is 1.37. The number of alkyl halides is 2. The minimum Gasteiger partial charge on any atom is -0.316 e. The third-order valence-electron chi connectivity index (χ3n) is 2.12. The van der Waals surface area contributed by atoms with Crippen LogP contribution in [0.4, 0.5) is 14.5 Å². The van der Waals surface area contributed by atoms with Crippen molar-refractivity contribution in [2.24, 2.45) is 7.05 Å². The maximum absolute atomic E-state index is 12.4. The van der Waals surface area contributed by atoms with Crippen LogP contribution in [0.1, 0.15) is 11.4 Å². The molecule has 3 nitrogen and oxygen atoms in total. The van der Waals surface area contributed by atoms with E-state index >= 15 is 0 Å². The van der Waals surface area contributed by atoms with E-state index in [0.29, 0.717) is 11.4 Å². The molecule has 0 aromatic carbocycles.